The Balaban J connectivity index is 2.08. The van der Waals surface area contributed by atoms with Crippen molar-refractivity contribution in [1.82, 2.24) is 4.90 Å². The van der Waals surface area contributed by atoms with Crippen molar-refractivity contribution in [1.29, 1.82) is 0 Å². The van der Waals surface area contributed by atoms with E-state index in [4.69, 9.17) is 10.5 Å². The zero-order valence-corrected chi connectivity index (χ0v) is 15.4. The van der Waals surface area contributed by atoms with Gasteiger partial charge in [-0.05, 0) is 63.2 Å². The number of likely N-dealkylation sites (N-methyl/N-ethyl adjacent to an activating group) is 1. The molecule has 2 N–H and O–H groups in total. The number of nitrogens with zero attached hydrogens (tertiary/aromatic N) is 1. The molecule has 24 heavy (non-hydrogen) atoms. The Bertz CT molecular complexity index is 637. The van der Waals surface area contributed by atoms with Gasteiger partial charge in [-0.2, -0.15) is 0 Å². The Hall–Kier alpha value is -1.84. The average Bonchev–Trinajstić information content (AvgIpc) is 2.57. The van der Waals surface area contributed by atoms with Gasteiger partial charge in [0.2, 0.25) is 0 Å². The zero-order chi connectivity index (χ0) is 17.5. The van der Waals surface area contributed by atoms with E-state index in [1.54, 1.807) is 0 Å². The van der Waals surface area contributed by atoms with E-state index in [2.05, 4.69) is 57.0 Å². The Morgan fingerprint density at radius 3 is 2.38 bits per heavy atom. The third-order valence-corrected chi connectivity index (χ3v) is 4.44. The molecule has 0 aromatic heterocycles. The maximum Gasteiger partial charge on any atom is 0.130 e. The van der Waals surface area contributed by atoms with Crippen molar-refractivity contribution < 1.29 is 4.74 Å². The highest BCUT2D eigenvalue weighted by Gasteiger charge is 2.15. The van der Waals surface area contributed by atoms with Crippen LogP contribution in [-0.2, 0) is 0 Å². The third kappa shape index (κ3) is 4.83. The van der Waals surface area contributed by atoms with Crippen molar-refractivity contribution in [2.75, 3.05) is 20.1 Å². The summed E-state index contributed by atoms with van der Waals surface area (Å²) in [5.74, 6) is 1.77. The second kappa shape index (κ2) is 8.86. The molecule has 0 amide bonds. The minimum atomic E-state index is 0.256. The Kier molecular flexibility index (Phi) is 6.83. The van der Waals surface area contributed by atoms with Crippen LogP contribution < -0.4 is 10.5 Å². The van der Waals surface area contributed by atoms with Gasteiger partial charge in [-0.1, -0.05) is 43.2 Å². The van der Waals surface area contributed by atoms with E-state index < -0.39 is 0 Å². The SMILES string of the molecule is CCCCN(C)C(CN)c1ccc(Oc2ccc(C)cc2C)cc1. The van der Waals surface area contributed by atoms with Gasteiger partial charge in [0.15, 0.2) is 0 Å². The molecule has 2 aromatic carbocycles. The van der Waals surface area contributed by atoms with Gasteiger partial charge in [0.25, 0.3) is 0 Å². The van der Waals surface area contributed by atoms with Gasteiger partial charge >= 0.3 is 0 Å². The standard InChI is InChI=1S/C21H30N2O/c1-5-6-13-23(4)20(15-22)18-8-10-19(11-9-18)24-21-12-7-16(2)14-17(21)3/h7-12,14,20H,5-6,13,15,22H2,1-4H3. The van der Waals surface area contributed by atoms with Crippen molar-refractivity contribution in [3.05, 3.63) is 59.2 Å². The average molecular weight is 326 g/mol. The molecule has 0 spiro atoms. The van der Waals surface area contributed by atoms with Crippen LogP contribution in [-0.4, -0.2) is 25.0 Å². The molecule has 1 atom stereocenters. The van der Waals surface area contributed by atoms with E-state index in [0.717, 1.165) is 23.6 Å². The summed E-state index contributed by atoms with van der Waals surface area (Å²) in [6, 6.07) is 14.8. The summed E-state index contributed by atoms with van der Waals surface area (Å²) in [6.45, 7) is 8.07. The highest BCUT2D eigenvalue weighted by atomic mass is 16.5. The topological polar surface area (TPSA) is 38.5 Å². The number of ether oxygens (including phenoxy) is 1. The number of unbranched alkanes of at least 4 members (excludes halogenated alkanes) is 1. The lowest BCUT2D eigenvalue weighted by molar-refractivity contribution is 0.246. The fourth-order valence-corrected chi connectivity index (χ4v) is 2.93. The molecular weight excluding hydrogens is 296 g/mol. The molecule has 130 valence electrons. The molecule has 0 fully saturated rings. The summed E-state index contributed by atoms with van der Waals surface area (Å²) >= 11 is 0. The van der Waals surface area contributed by atoms with Crippen LogP contribution in [0.1, 0.15) is 42.5 Å². The molecule has 0 saturated carbocycles. The molecule has 0 bridgehead atoms. The first-order valence-corrected chi connectivity index (χ1v) is 8.80. The number of hydrogen-bond acceptors (Lipinski definition) is 3. The van der Waals surface area contributed by atoms with Crippen LogP contribution in [0.5, 0.6) is 11.5 Å². The van der Waals surface area contributed by atoms with Gasteiger partial charge in [0.1, 0.15) is 11.5 Å². The van der Waals surface area contributed by atoms with Crippen LogP contribution in [0.3, 0.4) is 0 Å². The second-order valence-corrected chi connectivity index (χ2v) is 6.53. The van der Waals surface area contributed by atoms with Crippen molar-refractivity contribution in [2.24, 2.45) is 5.73 Å². The lowest BCUT2D eigenvalue weighted by atomic mass is 10.1. The first kappa shape index (κ1) is 18.5. The lowest BCUT2D eigenvalue weighted by Gasteiger charge is -2.27. The van der Waals surface area contributed by atoms with Crippen LogP contribution in [0, 0.1) is 13.8 Å². The summed E-state index contributed by atoms with van der Waals surface area (Å²) in [5.41, 5.74) is 9.64. The number of aryl methyl sites for hydroxylation is 2. The molecule has 0 aliphatic rings. The summed E-state index contributed by atoms with van der Waals surface area (Å²) in [7, 11) is 2.15. The predicted octanol–water partition coefficient (Wildman–Crippen LogP) is 4.83. The molecule has 0 aliphatic heterocycles. The number of nitrogens with two attached hydrogens (primary N) is 1. The van der Waals surface area contributed by atoms with Gasteiger partial charge < -0.3 is 10.5 Å². The molecule has 0 heterocycles. The molecular formula is C21H30N2O. The lowest BCUT2D eigenvalue weighted by Crippen LogP contribution is -2.31. The van der Waals surface area contributed by atoms with E-state index in [0.29, 0.717) is 6.54 Å². The van der Waals surface area contributed by atoms with E-state index in [9.17, 15) is 0 Å². The minimum Gasteiger partial charge on any atom is -0.457 e. The maximum absolute atomic E-state index is 6.01. The largest absolute Gasteiger partial charge is 0.457 e. The monoisotopic (exact) mass is 326 g/mol. The molecule has 2 rings (SSSR count). The van der Waals surface area contributed by atoms with Crippen molar-refractivity contribution in [3.8, 4) is 11.5 Å². The molecule has 0 saturated heterocycles. The Morgan fingerprint density at radius 2 is 1.79 bits per heavy atom. The molecule has 3 heteroatoms. The van der Waals surface area contributed by atoms with Crippen molar-refractivity contribution >= 4 is 0 Å². The van der Waals surface area contributed by atoms with Gasteiger partial charge in [-0.15, -0.1) is 0 Å². The molecule has 1 unspecified atom stereocenters. The number of rotatable bonds is 8. The zero-order valence-electron chi connectivity index (χ0n) is 15.4. The Morgan fingerprint density at radius 1 is 1.08 bits per heavy atom. The van der Waals surface area contributed by atoms with Crippen molar-refractivity contribution in [3.63, 3.8) is 0 Å². The first-order chi connectivity index (χ1) is 11.5. The maximum atomic E-state index is 6.01. The van der Waals surface area contributed by atoms with E-state index >= 15 is 0 Å². The summed E-state index contributed by atoms with van der Waals surface area (Å²) in [4.78, 5) is 2.34. The fourth-order valence-electron chi connectivity index (χ4n) is 2.93. The van der Waals surface area contributed by atoms with Crippen LogP contribution in [0.2, 0.25) is 0 Å². The highest BCUT2D eigenvalue weighted by molar-refractivity contribution is 5.40. The molecule has 2 aromatic rings. The van der Waals surface area contributed by atoms with Crippen LogP contribution in [0.15, 0.2) is 42.5 Å². The van der Waals surface area contributed by atoms with Crippen LogP contribution >= 0.6 is 0 Å². The van der Waals surface area contributed by atoms with E-state index in [1.807, 2.05) is 18.2 Å². The summed E-state index contributed by atoms with van der Waals surface area (Å²) in [6.07, 6.45) is 2.39. The van der Waals surface area contributed by atoms with Crippen molar-refractivity contribution in [2.45, 2.75) is 39.7 Å². The highest BCUT2D eigenvalue weighted by Crippen LogP contribution is 2.27. The third-order valence-electron chi connectivity index (χ3n) is 4.44. The predicted molar refractivity (Wildman–Crippen MR) is 102 cm³/mol. The van der Waals surface area contributed by atoms with E-state index in [-0.39, 0.29) is 6.04 Å². The minimum absolute atomic E-state index is 0.256. The summed E-state index contributed by atoms with van der Waals surface area (Å²) < 4.78 is 6.01. The Labute approximate surface area is 146 Å². The van der Waals surface area contributed by atoms with Crippen LogP contribution in [0.25, 0.3) is 0 Å². The van der Waals surface area contributed by atoms with Crippen LogP contribution in [0.4, 0.5) is 0 Å². The number of hydrogen-bond donors (Lipinski definition) is 1. The summed E-state index contributed by atoms with van der Waals surface area (Å²) in [5, 5.41) is 0. The molecule has 0 radical (unpaired) electrons. The molecule has 3 nitrogen and oxygen atoms in total. The number of benzene rings is 2. The van der Waals surface area contributed by atoms with E-state index in [1.165, 1.54) is 24.0 Å². The first-order valence-electron chi connectivity index (χ1n) is 8.80. The van der Waals surface area contributed by atoms with Gasteiger partial charge in [0, 0.05) is 12.6 Å². The smallest absolute Gasteiger partial charge is 0.130 e. The van der Waals surface area contributed by atoms with Gasteiger partial charge in [-0.25, -0.2) is 0 Å². The quantitative estimate of drug-likeness (QED) is 0.755. The second-order valence-electron chi connectivity index (χ2n) is 6.53. The normalized spacial score (nSPS) is 12.4. The molecule has 0 aliphatic carbocycles. The fraction of sp³-hybridized carbons (Fsp3) is 0.429. The van der Waals surface area contributed by atoms with Gasteiger partial charge in [-0.3, -0.25) is 4.90 Å². The van der Waals surface area contributed by atoms with Gasteiger partial charge in [0.05, 0.1) is 0 Å².